The number of rotatable bonds is 3. The van der Waals surface area contributed by atoms with Crippen molar-refractivity contribution in [1.82, 2.24) is 4.98 Å². The first-order chi connectivity index (χ1) is 9.30. The average molecular weight is 277 g/mol. The van der Waals surface area contributed by atoms with Gasteiger partial charge in [0.15, 0.2) is 0 Å². The molecule has 1 aromatic rings. The fraction of sp³-hybridized carbons (Fsp3) is 0.667. The second-order valence-corrected chi connectivity index (χ2v) is 6.89. The summed E-state index contributed by atoms with van der Waals surface area (Å²) in [5, 5.41) is 0. The standard InChI is InChI=1S/C15H21BFNO2/c1-14(2)15(3,4)20-16(19-14)13-11(17)7-8-18-12(13)9-10-5-6-10/h7-8,10H,5-6,9H2,1-4H3. The van der Waals surface area contributed by atoms with Crippen LogP contribution < -0.4 is 5.46 Å². The van der Waals surface area contributed by atoms with Gasteiger partial charge in [0.1, 0.15) is 5.82 Å². The molecule has 5 heteroatoms. The Bertz CT molecular complexity index is 513. The van der Waals surface area contributed by atoms with Crippen LogP contribution in [0.3, 0.4) is 0 Å². The fourth-order valence-corrected chi connectivity index (χ4v) is 2.46. The number of nitrogens with zero attached hydrogens (tertiary/aromatic N) is 1. The molecule has 2 aliphatic rings. The minimum atomic E-state index is -0.664. The third-order valence-electron chi connectivity index (χ3n) is 4.69. The Balaban J connectivity index is 1.94. The molecular formula is C15H21BFNO2. The van der Waals surface area contributed by atoms with Gasteiger partial charge in [0, 0.05) is 17.4 Å². The lowest BCUT2D eigenvalue weighted by molar-refractivity contribution is 0.00578. The quantitative estimate of drug-likeness (QED) is 0.795. The Hall–Kier alpha value is -0.935. The van der Waals surface area contributed by atoms with Crippen LogP contribution in [0.25, 0.3) is 0 Å². The molecule has 1 saturated heterocycles. The normalized spacial score (nSPS) is 24.1. The maximum Gasteiger partial charge on any atom is 0.499 e. The van der Waals surface area contributed by atoms with Gasteiger partial charge < -0.3 is 9.31 Å². The zero-order valence-electron chi connectivity index (χ0n) is 12.6. The highest BCUT2D eigenvalue weighted by molar-refractivity contribution is 6.62. The summed E-state index contributed by atoms with van der Waals surface area (Å²) in [5.74, 6) is 0.361. The average Bonchev–Trinajstić information content (AvgIpc) is 3.07. The first kappa shape index (κ1) is 14.0. The van der Waals surface area contributed by atoms with Gasteiger partial charge in [0.05, 0.1) is 11.2 Å². The van der Waals surface area contributed by atoms with Gasteiger partial charge in [-0.1, -0.05) is 0 Å². The van der Waals surface area contributed by atoms with Crippen LogP contribution in [0, 0.1) is 11.7 Å². The van der Waals surface area contributed by atoms with Crippen LogP contribution in [0.5, 0.6) is 0 Å². The smallest absolute Gasteiger partial charge is 0.399 e. The van der Waals surface area contributed by atoms with Crippen molar-refractivity contribution in [1.29, 1.82) is 0 Å². The molecule has 0 amide bonds. The monoisotopic (exact) mass is 277 g/mol. The van der Waals surface area contributed by atoms with Crippen molar-refractivity contribution in [2.75, 3.05) is 0 Å². The van der Waals surface area contributed by atoms with Crippen LogP contribution in [-0.2, 0) is 15.7 Å². The molecule has 108 valence electrons. The summed E-state index contributed by atoms with van der Waals surface area (Å²) in [6.45, 7) is 7.90. The number of halogens is 1. The van der Waals surface area contributed by atoms with E-state index in [1.165, 1.54) is 25.1 Å². The van der Waals surface area contributed by atoms with E-state index in [-0.39, 0.29) is 5.82 Å². The molecule has 0 atom stereocenters. The molecule has 2 heterocycles. The highest BCUT2D eigenvalue weighted by atomic mass is 19.1. The first-order valence-corrected chi connectivity index (χ1v) is 7.29. The van der Waals surface area contributed by atoms with E-state index >= 15 is 0 Å². The number of aromatic nitrogens is 1. The zero-order chi connectivity index (χ0) is 14.5. The Morgan fingerprint density at radius 3 is 2.40 bits per heavy atom. The second kappa shape index (κ2) is 4.53. The SMILES string of the molecule is CC1(C)OB(c2c(F)ccnc2CC2CC2)OC1(C)C. The van der Waals surface area contributed by atoms with Gasteiger partial charge in [-0.2, -0.15) is 0 Å². The van der Waals surface area contributed by atoms with Crippen molar-refractivity contribution in [3.8, 4) is 0 Å². The van der Waals surface area contributed by atoms with Crippen molar-refractivity contribution in [2.24, 2.45) is 5.92 Å². The molecule has 0 spiro atoms. The minimum Gasteiger partial charge on any atom is -0.399 e. The van der Waals surface area contributed by atoms with Gasteiger partial charge in [-0.25, -0.2) is 4.39 Å². The van der Waals surface area contributed by atoms with E-state index in [1.54, 1.807) is 0 Å². The minimum absolute atomic E-state index is 0.283. The molecule has 3 nitrogen and oxygen atoms in total. The molecule has 1 aliphatic carbocycles. The summed E-state index contributed by atoms with van der Waals surface area (Å²) < 4.78 is 26.2. The predicted octanol–water partition coefficient (Wildman–Crippen LogP) is 2.47. The number of hydrogen-bond donors (Lipinski definition) is 0. The Morgan fingerprint density at radius 1 is 1.25 bits per heavy atom. The summed E-state index contributed by atoms with van der Waals surface area (Å²) in [4.78, 5) is 4.36. The third-order valence-corrected chi connectivity index (χ3v) is 4.69. The Morgan fingerprint density at radius 2 is 1.85 bits per heavy atom. The van der Waals surface area contributed by atoms with Crippen molar-refractivity contribution in [2.45, 2.75) is 58.2 Å². The molecule has 2 fully saturated rings. The van der Waals surface area contributed by atoms with E-state index in [0.29, 0.717) is 11.4 Å². The molecule has 20 heavy (non-hydrogen) atoms. The third kappa shape index (κ3) is 2.37. The zero-order valence-corrected chi connectivity index (χ0v) is 12.6. The lowest BCUT2D eigenvalue weighted by atomic mass is 9.76. The number of hydrogen-bond acceptors (Lipinski definition) is 3. The lowest BCUT2D eigenvalue weighted by Gasteiger charge is -2.32. The van der Waals surface area contributed by atoms with Crippen LogP contribution in [0.1, 0.15) is 46.2 Å². The van der Waals surface area contributed by atoms with Crippen LogP contribution in [-0.4, -0.2) is 23.3 Å². The Labute approximate surface area is 120 Å². The molecule has 1 aliphatic heterocycles. The van der Waals surface area contributed by atoms with Crippen molar-refractivity contribution in [3.63, 3.8) is 0 Å². The summed E-state index contributed by atoms with van der Waals surface area (Å²) in [5.41, 5.74) is 0.345. The number of pyridine rings is 1. The maximum absolute atomic E-state index is 14.3. The van der Waals surface area contributed by atoms with Crippen LogP contribution in [0.4, 0.5) is 4.39 Å². The second-order valence-electron chi connectivity index (χ2n) is 6.89. The van der Waals surface area contributed by atoms with Gasteiger partial charge in [-0.3, -0.25) is 4.98 Å². The van der Waals surface area contributed by atoms with E-state index in [2.05, 4.69) is 4.98 Å². The van der Waals surface area contributed by atoms with Gasteiger partial charge in [-0.05, 0) is 58.9 Å². The van der Waals surface area contributed by atoms with E-state index in [4.69, 9.17) is 9.31 Å². The molecule has 0 bridgehead atoms. The molecule has 0 N–H and O–H groups in total. The molecule has 0 aromatic carbocycles. The van der Waals surface area contributed by atoms with E-state index in [0.717, 1.165) is 12.1 Å². The molecular weight excluding hydrogens is 256 g/mol. The maximum atomic E-state index is 14.3. The molecule has 1 aromatic heterocycles. The van der Waals surface area contributed by atoms with Gasteiger partial charge >= 0.3 is 7.12 Å². The molecule has 0 radical (unpaired) electrons. The van der Waals surface area contributed by atoms with Gasteiger partial charge in [0.2, 0.25) is 0 Å². The van der Waals surface area contributed by atoms with E-state index in [9.17, 15) is 4.39 Å². The fourth-order valence-electron chi connectivity index (χ4n) is 2.46. The Kier molecular flexibility index (Phi) is 3.18. The molecule has 1 saturated carbocycles. The summed E-state index contributed by atoms with van der Waals surface area (Å²) in [7, 11) is -0.664. The van der Waals surface area contributed by atoms with Crippen molar-refractivity contribution in [3.05, 3.63) is 23.8 Å². The summed E-state index contributed by atoms with van der Waals surface area (Å²) in [6, 6.07) is 1.39. The van der Waals surface area contributed by atoms with E-state index < -0.39 is 18.3 Å². The summed E-state index contributed by atoms with van der Waals surface area (Å²) in [6.07, 6.45) is 4.76. The highest BCUT2D eigenvalue weighted by Gasteiger charge is 2.53. The largest absolute Gasteiger partial charge is 0.499 e. The van der Waals surface area contributed by atoms with Gasteiger partial charge in [0.25, 0.3) is 0 Å². The van der Waals surface area contributed by atoms with Crippen LogP contribution in [0.2, 0.25) is 0 Å². The van der Waals surface area contributed by atoms with Crippen LogP contribution in [0.15, 0.2) is 12.3 Å². The van der Waals surface area contributed by atoms with Crippen molar-refractivity contribution < 1.29 is 13.7 Å². The van der Waals surface area contributed by atoms with Crippen molar-refractivity contribution >= 4 is 12.6 Å². The molecule has 0 unspecified atom stereocenters. The highest BCUT2D eigenvalue weighted by Crippen LogP contribution is 2.37. The predicted molar refractivity (Wildman–Crippen MR) is 76.3 cm³/mol. The lowest BCUT2D eigenvalue weighted by Crippen LogP contribution is -2.41. The van der Waals surface area contributed by atoms with Gasteiger partial charge in [-0.15, -0.1) is 0 Å². The first-order valence-electron chi connectivity index (χ1n) is 7.29. The topological polar surface area (TPSA) is 31.4 Å². The van der Waals surface area contributed by atoms with Crippen LogP contribution >= 0.6 is 0 Å². The van der Waals surface area contributed by atoms with E-state index in [1.807, 2.05) is 27.7 Å². The molecule has 3 rings (SSSR count). The summed E-state index contributed by atoms with van der Waals surface area (Å²) >= 11 is 0.